The molecule has 0 saturated carbocycles. The van der Waals surface area contributed by atoms with Gasteiger partial charge in [-0.2, -0.15) is 0 Å². The smallest absolute Gasteiger partial charge is 0.335 e. The van der Waals surface area contributed by atoms with E-state index >= 15 is 0 Å². The lowest BCUT2D eigenvalue weighted by atomic mass is 10.1. The van der Waals surface area contributed by atoms with Crippen molar-refractivity contribution in [3.8, 4) is 0 Å². The van der Waals surface area contributed by atoms with Crippen LogP contribution in [0.25, 0.3) is 0 Å². The number of benzene rings is 2. The summed E-state index contributed by atoms with van der Waals surface area (Å²) in [5.74, 6) is -6.26. The molecule has 0 saturated heterocycles. The minimum absolute atomic E-state index is 0.0237. The van der Waals surface area contributed by atoms with E-state index in [-0.39, 0.29) is 17.7 Å². The molecule has 10 heteroatoms. The lowest BCUT2D eigenvalue weighted by Crippen LogP contribution is -2.23. The predicted molar refractivity (Wildman–Crippen MR) is 109 cm³/mol. The van der Waals surface area contributed by atoms with Crippen molar-refractivity contribution in [1.82, 2.24) is 0 Å². The van der Waals surface area contributed by atoms with Crippen LogP contribution in [0.4, 0.5) is 5.69 Å². The molecule has 0 aliphatic heterocycles. The molecular formula is C20H22NO8P. The molecule has 0 spiro atoms. The highest BCUT2D eigenvalue weighted by Crippen LogP contribution is 2.57. The summed E-state index contributed by atoms with van der Waals surface area (Å²) in [5, 5.41) is 30.2. The summed E-state index contributed by atoms with van der Waals surface area (Å²) in [6.45, 7) is 0. The number of carboxylic acids is 3. The Morgan fingerprint density at radius 2 is 1.63 bits per heavy atom. The zero-order valence-corrected chi connectivity index (χ0v) is 16.7. The van der Waals surface area contributed by atoms with E-state index in [0.29, 0.717) is 5.56 Å². The zero-order chi connectivity index (χ0) is 22.3. The van der Waals surface area contributed by atoms with Crippen LogP contribution in [0, 0.1) is 5.92 Å². The Labute approximate surface area is 172 Å². The maximum Gasteiger partial charge on any atom is 0.335 e. The summed E-state index contributed by atoms with van der Waals surface area (Å²) in [6, 6.07) is 13.9. The maximum atomic E-state index is 13.3. The zero-order valence-electron chi connectivity index (χ0n) is 15.8. The monoisotopic (exact) mass is 435 g/mol. The van der Waals surface area contributed by atoms with Gasteiger partial charge in [0.25, 0.3) is 0 Å². The molecule has 0 aromatic heterocycles. The quantitative estimate of drug-likeness (QED) is 0.333. The summed E-state index contributed by atoms with van der Waals surface area (Å²) in [7, 11) is -4.23. The van der Waals surface area contributed by atoms with Crippen molar-refractivity contribution in [3.63, 3.8) is 0 Å². The van der Waals surface area contributed by atoms with Crippen LogP contribution in [0.1, 0.15) is 34.5 Å². The Bertz CT molecular complexity index is 962. The first-order chi connectivity index (χ1) is 14.1. The highest BCUT2D eigenvalue weighted by molar-refractivity contribution is 7.58. The molecule has 0 bridgehead atoms. The summed E-state index contributed by atoms with van der Waals surface area (Å²) < 4.78 is 13.3. The number of hydrogen-bond donors (Lipinski definition) is 5. The molecule has 0 radical (unpaired) electrons. The molecule has 3 unspecified atom stereocenters. The number of carboxylic acid groups (broad SMARTS) is 3. The second kappa shape index (κ2) is 10.0. The van der Waals surface area contributed by atoms with E-state index < -0.39 is 49.6 Å². The van der Waals surface area contributed by atoms with Crippen molar-refractivity contribution in [1.29, 1.82) is 0 Å². The first-order valence-corrected chi connectivity index (χ1v) is 10.9. The first-order valence-electron chi connectivity index (χ1n) is 9.01. The van der Waals surface area contributed by atoms with Crippen LogP contribution < -0.4 is 5.32 Å². The largest absolute Gasteiger partial charge is 0.481 e. The Balaban J connectivity index is 2.37. The van der Waals surface area contributed by atoms with Crippen LogP contribution in [0.15, 0.2) is 54.6 Å². The maximum absolute atomic E-state index is 13.3. The Kier molecular flexibility index (Phi) is 7.74. The molecule has 0 heterocycles. The molecule has 0 aliphatic carbocycles. The van der Waals surface area contributed by atoms with Gasteiger partial charge in [0.05, 0.1) is 11.5 Å². The fourth-order valence-corrected chi connectivity index (χ4v) is 5.13. The molecule has 0 fully saturated rings. The van der Waals surface area contributed by atoms with Crippen LogP contribution in [0.3, 0.4) is 0 Å². The van der Waals surface area contributed by atoms with Crippen LogP contribution >= 0.6 is 7.37 Å². The number of rotatable bonds is 11. The summed E-state index contributed by atoms with van der Waals surface area (Å²) in [4.78, 5) is 44.3. The van der Waals surface area contributed by atoms with Gasteiger partial charge in [0.1, 0.15) is 5.78 Å². The van der Waals surface area contributed by atoms with E-state index in [9.17, 15) is 28.9 Å². The van der Waals surface area contributed by atoms with Crippen LogP contribution in [-0.4, -0.2) is 44.3 Å². The molecule has 160 valence electrons. The molecule has 2 rings (SSSR count). The van der Waals surface area contributed by atoms with Crippen molar-refractivity contribution in [2.24, 2.45) is 5.92 Å². The lowest BCUT2D eigenvalue weighted by Gasteiger charge is -2.27. The van der Waals surface area contributed by atoms with E-state index in [2.05, 4.69) is 5.32 Å². The average molecular weight is 435 g/mol. The number of hydrogen-bond acceptors (Lipinski definition) is 5. The van der Waals surface area contributed by atoms with Crippen molar-refractivity contribution in [2.75, 3.05) is 11.5 Å². The molecule has 2 aromatic rings. The molecule has 0 amide bonds. The van der Waals surface area contributed by atoms with E-state index in [1.807, 2.05) is 0 Å². The highest BCUT2D eigenvalue weighted by atomic mass is 31.2. The Morgan fingerprint density at radius 3 is 2.20 bits per heavy atom. The van der Waals surface area contributed by atoms with Gasteiger partial charge in [0.2, 0.25) is 7.37 Å². The van der Waals surface area contributed by atoms with Crippen LogP contribution in [-0.2, 0) is 14.2 Å². The fourth-order valence-electron chi connectivity index (χ4n) is 2.96. The summed E-state index contributed by atoms with van der Waals surface area (Å²) in [5.41, 5.74) is 0.659. The van der Waals surface area contributed by atoms with E-state index in [1.165, 1.54) is 24.3 Å². The number of carbonyl (C=O) groups is 3. The van der Waals surface area contributed by atoms with E-state index in [1.54, 1.807) is 30.3 Å². The first kappa shape index (κ1) is 23.1. The topological polar surface area (TPSA) is 161 Å². The van der Waals surface area contributed by atoms with Gasteiger partial charge in [-0.25, -0.2) is 4.79 Å². The molecule has 2 aromatic carbocycles. The van der Waals surface area contributed by atoms with Gasteiger partial charge in [-0.1, -0.05) is 36.4 Å². The van der Waals surface area contributed by atoms with Crippen molar-refractivity contribution >= 4 is 31.0 Å². The normalized spacial score (nSPS) is 14.8. The lowest BCUT2D eigenvalue weighted by molar-refractivity contribution is -0.142. The summed E-state index contributed by atoms with van der Waals surface area (Å²) in [6.07, 6.45) is -1.37. The van der Waals surface area contributed by atoms with Gasteiger partial charge in [-0.05, 0) is 30.2 Å². The number of aliphatic carboxylic acids is 2. The molecular weight excluding hydrogens is 413 g/mol. The third kappa shape index (κ3) is 6.43. The standard InChI is InChI=1S/C20H22NO8P/c22-17(23)10-9-15(20(26)27)12-30(28,29)18(13-5-2-1-3-6-13)21-16-8-4-7-14(11-16)19(24)25/h1-8,11,15,18,21H,9-10,12H2,(H,22,23)(H,24,25)(H,26,27)(H,28,29). The molecule has 0 aliphatic rings. The highest BCUT2D eigenvalue weighted by Gasteiger charge is 2.37. The molecule has 5 N–H and O–H groups in total. The van der Waals surface area contributed by atoms with Gasteiger partial charge in [-0.3, -0.25) is 14.2 Å². The van der Waals surface area contributed by atoms with Crippen molar-refractivity contribution in [2.45, 2.75) is 18.6 Å². The van der Waals surface area contributed by atoms with Crippen LogP contribution in [0.2, 0.25) is 0 Å². The Hall–Kier alpha value is -3.16. The van der Waals surface area contributed by atoms with Gasteiger partial charge in [-0.15, -0.1) is 0 Å². The van der Waals surface area contributed by atoms with Gasteiger partial charge in [0, 0.05) is 18.3 Å². The second-order valence-electron chi connectivity index (χ2n) is 6.75. The molecule has 30 heavy (non-hydrogen) atoms. The number of aromatic carboxylic acids is 1. The second-order valence-corrected chi connectivity index (χ2v) is 9.14. The fraction of sp³-hybridized carbons (Fsp3) is 0.250. The van der Waals surface area contributed by atoms with Gasteiger partial charge in [0.15, 0.2) is 0 Å². The molecule has 3 atom stereocenters. The minimum atomic E-state index is -4.23. The number of nitrogens with one attached hydrogen (secondary N) is 1. The van der Waals surface area contributed by atoms with Gasteiger partial charge >= 0.3 is 17.9 Å². The molecule has 9 nitrogen and oxygen atoms in total. The van der Waals surface area contributed by atoms with E-state index in [0.717, 1.165) is 0 Å². The van der Waals surface area contributed by atoms with Crippen molar-refractivity contribution < 1.29 is 39.2 Å². The minimum Gasteiger partial charge on any atom is -0.481 e. The number of anilines is 1. The SMILES string of the molecule is O=C(O)CCC(CP(=O)(O)C(Nc1cccc(C(=O)O)c1)c1ccccc1)C(=O)O. The average Bonchev–Trinajstić information content (AvgIpc) is 2.69. The van der Waals surface area contributed by atoms with Crippen LogP contribution in [0.5, 0.6) is 0 Å². The van der Waals surface area contributed by atoms with Crippen molar-refractivity contribution in [3.05, 3.63) is 65.7 Å². The third-order valence-corrected chi connectivity index (χ3v) is 6.67. The summed E-state index contributed by atoms with van der Waals surface area (Å²) >= 11 is 0. The Morgan fingerprint density at radius 1 is 0.967 bits per heavy atom. The van der Waals surface area contributed by atoms with E-state index in [4.69, 9.17) is 10.2 Å². The van der Waals surface area contributed by atoms with Gasteiger partial charge < -0.3 is 25.5 Å². The third-order valence-electron chi connectivity index (χ3n) is 4.47. The predicted octanol–water partition coefficient (Wildman–Crippen LogP) is 3.33.